The largest absolute Gasteiger partial charge is 0.481 e. The fraction of sp³-hybridized carbons (Fsp3) is 0.364. The molecule has 2 aliphatic rings. The number of nitrogens with zero attached hydrogens (tertiary/aromatic N) is 3. The Labute approximate surface area is 203 Å². The average Bonchev–Trinajstić information content (AvgIpc) is 3.34. The molecular formula is C22H22ClFN4O5S. The lowest BCUT2D eigenvalue weighted by Crippen LogP contribution is -2.49. The van der Waals surface area contributed by atoms with Gasteiger partial charge < -0.3 is 19.9 Å². The number of esters is 1. The number of ether oxygens (including phenoxy) is 2. The van der Waals surface area contributed by atoms with Gasteiger partial charge in [-0.15, -0.1) is 11.3 Å². The quantitative estimate of drug-likeness (QED) is 0.549. The van der Waals surface area contributed by atoms with E-state index in [1.807, 2.05) is 4.90 Å². The lowest BCUT2D eigenvalue weighted by atomic mass is 9.95. The zero-order valence-electron chi connectivity index (χ0n) is 18.2. The maximum atomic E-state index is 13.8. The lowest BCUT2D eigenvalue weighted by Gasteiger charge is -2.37. The van der Waals surface area contributed by atoms with E-state index in [0.717, 1.165) is 6.07 Å². The molecule has 1 aromatic carbocycles. The molecule has 34 heavy (non-hydrogen) atoms. The molecule has 2 N–H and O–H groups in total. The molecule has 9 nitrogen and oxygen atoms in total. The second kappa shape index (κ2) is 10.6. The van der Waals surface area contributed by atoms with E-state index in [0.29, 0.717) is 35.3 Å². The number of methoxy groups -OCH3 is 1. The van der Waals surface area contributed by atoms with Crippen LogP contribution in [0.25, 0.3) is 0 Å². The summed E-state index contributed by atoms with van der Waals surface area (Å²) >= 11 is 7.72. The van der Waals surface area contributed by atoms with Crippen LogP contribution in [0.5, 0.6) is 0 Å². The SMILES string of the molecule is COC(=O)C1=C(CN2CCOC[C@H]2CC(=O)O)NC(c2nccs2)=N[C@H]1c1ccc(F)cc1Cl. The fourth-order valence-corrected chi connectivity index (χ4v) is 4.82. The number of carbonyl (C=O) groups excluding carboxylic acids is 1. The maximum absolute atomic E-state index is 13.8. The Balaban J connectivity index is 1.80. The van der Waals surface area contributed by atoms with E-state index < -0.39 is 23.8 Å². The zero-order chi connectivity index (χ0) is 24.2. The molecule has 0 radical (unpaired) electrons. The van der Waals surface area contributed by atoms with Crippen LogP contribution in [0.3, 0.4) is 0 Å². The first-order valence-corrected chi connectivity index (χ1v) is 11.7. The van der Waals surface area contributed by atoms with Crippen molar-refractivity contribution in [1.29, 1.82) is 0 Å². The molecule has 0 saturated carbocycles. The normalized spacial score (nSPS) is 21.1. The Bertz CT molecular complexity index is 1140. The van der Waals surface area contributed by atoms with Crippen LogP contribution in [0.2, 0.25) is 5.02 Å². The number of amidine groups is 1. The minimum Gasteiger partial charge on any atom is -0.481 e. The van der Waals surface area contributed by atoms with Crippen LogP contribution in [0.4, 0.5) is 4.39 Å². The van der Waals surface area contributed by atoms with Crippen molar-refractivity contribution in [2.45, 2.75) is 18.5 Å². The van der Waals surface area contributed by atoms with E-state index in [-0.39, 0.29) is 36.2 Å². The summed E-state index contributed by atoms with van der Waals surface area (Å²) in [5, 5.41) is 15.0. The highest BCUT2D eigenvalue weighted by Crippen LogP contribution is 2.37. The molecule has 1 saturated heterocycles. The molecule has 2 atom stereocenters. The predicted octanol–water partition coefficient (Wildman–Crippen LogP) is 2.63. The summed E-state index contributed by atoms with van der Waals surface area (Å²) in [6.07, 6.45) is 1.52. The molecule has 2 aromatic rings. The molecule has 1 fully saturated rings. The van der Waals surface area contributed by atoms with E-state index in [1.165, 1.54) is 30.6 Å². The molecule has 2 aliphatic heterocycles. The smallest absolute Gasteiger partial charge is 0.338 e. The zero-order valence-corrected chi connectivity index (χ0v) is 19.7. The standard InChI is InChI=1S/C22H22ClFN4O5S/c1-32-22(31)18-16(10-28-5-6-33-11-13(28)9-17(29)30)26-20(21-25-4-7-34-21)27-19(18)14-3-2-12(24)8-15(14)23/h2-4,7-8,13,19H,5-6,9-11H2,1H3,(H,26,27)(H,29,30)/t13-,19+/m1/s1. The predicted molar refractivity (Wildman–Crippen MR) is 123 cm³/mol. The number of aliphatic imine (C=N–C) groups is 1. The van der Waals surface area contributed by atoms with E-state index in [9.17, 15) is 19.1 Å². The number of carboxylic acid groups (broad SMARTS) is 1. The van der Waals surface area contributed by atoms with Gasteiger partial charge in [-0.2, -0.15) is 0 Å². The third-order valence-corrected chi connectivity index (χ3v) is 6.65. The van der Waals surface area contributed by atoms with Crippen LogP contribution in [-0.2, 0) is 19.1 Å². The number of hydrogen-bond acceptors (Lipinski definition) is 9. The van der Waals surface area contributed by atoms with Gasteiger partial charge in [0.05, 0.1) is 32.3 Å². The molecule has 12 heteroatoms. The fourth-order valence-electron chi connectivity index (χ4n) is 3.96. The van der Waals surface area contributed by atoms with Crippen LogP contribution >= 0.6 is 22.9 Å². The molecule has 0 unspecified atom stereocenters. The van der Waals surface area contributed by atoms with Gasteiger partial charge in [-0.05, 0) is 12.1 Å². The molecular weight excluding hydrogens is 487 g/mol. The molecule has 1 aromatic heterocycles. The van der Waals surface area contributed by atoms with Gasteiger partial charge in [0.25, 0.3) is 0 Å². The number of carboxylic acids is 1. The number of morpholine rings is 1. The number of rotatable bonds is 7. The number of thiazole rings is 1. The number of nitrogens with one attached hydrogen (secondary N) is 1. The summed E-state index contributed by atoms with van der Waals surface area (Å²) in [6, 6.07) is 2.64. The third-order valence-electron chi connectivity index (χ3n) is 5.54. The maximum Gasteiger partial charge on any atom is 0.338 e. The van der Waals surface area contributed by atoms with Gasteiger partial charge >= 0.3 is 11.9 Å². The summed E-state index contributed by atoms with van der Waals surface area (Å²) in [6.45, 7) is 1.38. The summed E-state index contributed by atoms with van der Waals surface area (Å²) < 4.78 is 24.3. The van der Waals surface area contributed by atoms with Crippen molar-refractivity contribution >= 4 is 40.7 Å². The summed E-state index contributed by atoms with van der Waals surface area (Å²) in [4.78, 5) is 35.3. The van der Waals surface area contributed by atoms with Gasteiger partial charge in [0.15, 0.2) is 10.8 Å². The van der Waals surface area contributed by atoms with Gasteiger partial charge in [-0.1, -0.05) is 17.7 Å². The number of aliphatic carboxylic acids is 1. The van der Waals surface area contributed by atoms with E-state index >= 15 is 0 Å². The Morgan fingerprint density at radius 2 is 2.26 bits per heavy atom. The van der Waals surface area contributed by atoms with Gasteiger partial charge in [0, 0.05) is 47.0 Å². The van der Waals surface area contributed by atoms with Gasteiger partial charge in [-0.25, -0.2) is 14.2 Å². The van der Waals surface area contributed by atoms with Crippen molar-refractivity contribution in [3.63, 3.8) is 0 Å². The first-order valence-electron chi connectivity index (χ1n) is 10.4. The highest BCUT2D eigenvalue weighted by Gasteiger charge is 2.36. The third kappa shape index (κ3) is 5.27. The first kappa shape index (κ1) is 24.3. The van der Waals surface area contributed by atoms with E-state index in [2.05, 4.69) is 10.3 Å². The molecule has 0 aliphatic carbocycles. The monoisotopic (exact) mass is 508 g/mol. The van der Waals surface area contributed by atoms with Crippen molar-refractivity contribution in [2.24, 2.45) is 4.99 Å². The van der Waals surface area contributed by atoms with Crippen molar-refractivity contribution in [2.75, 3.05) is 33.4 Å². The average molecular weight is 509 g/mol. The topological polar surface area (TPSA) is 113 Å². The first-order chi connectivity index (χ1) is 16.4. The highest BCUT2D eigenvalue weighted by atomic mass is 35.5. The number of hydrogen-bond donors (Lipinski definition) is 2. The molecule has 4 rings (SSSR count). The Hall–Kier alpha value is -2.86. The number of halogens is 2. The molecule has 0 bridgehead atoms. The Morgan fingerprint density at radius 3 is 2.94 bits per heavy atom. The van der Waals surface area contributed by atoms with Crippen molar-refractivity contribution in [3.8, 4) is 0 Å². The van der Waals surface area contributed by atoms with E-state index in [1.54, 1.807) is 11.6 Å². The van der Waals surface area contributed by atoms with Crippen molar-refractivity contribution < 1.29 is 28.6 Å². The summed E-state index contributed by atoms with van der Waals surface area (Å²) in [5.74, 6) is -1.66. The number of benzene rings is 1. The van der Waals surface area contributed by atoms with Crippen LogP contribution < -0.4 is 5.32 Å². The van der Waals surface area contributed by atoms with Crippen LogP contribution in [-0.4, -0.2) is 72.2 Å². The number of aromatic nitrogens is 1. The number of carbonyl (C=O) groups is 2. The van der Waals surface area contributed by atoms with Gasteiger partial charge in [0.1, 0.15) is 11.9 Å². The summed E-state index contributed by atoms with van der Waals surface area (Å²) in [7, 11) is 1.26. The second-order valence-corrected chi connectivity index (χ2v) is 8.99. The minimum atomic E-state index is -0.944. The van der Waals surface area contributed by atoms with Gasteiger partial charge in [0.2, 0.25) is 0 Å². The summed E-state index contributed by atoms with van der Waals surface area (Å²) in [5.41, 5.74) is 1.12. The second-order valence-electron chi connectivity index (χ2n) is 7.69. The molecule has 0 amide bonds. The minimum absolute atomic E-state index is 0.110. The molecule has 3 heterocycles. The van der Waals surface area contributed by atoms with Gasteiger partial charge in [-0.3, -0.25) is 14.7 Å². The van der Waals surface area contributed by atoms with Crippen molar-refractivity contribution in [3.05, 3.63) is 62.5 Å². The molecule has 180 valence electrons. The van der Waals surface area contributed by atoms with Crippen LogP contribution in [0, 0.1) is 5.82 Å². The Morgan fingerprint density at radius 1 is 1.44 bits per heavy atom. The van der Waals surface area contributed by atoms with Crippen LogP contribution in [0.1, 0.15) is 23.0 Å². The highest BCUT2D eigenvalue weighted by molar-refractivity contribution is 7.11. The van der Waals surface area contributed by atoms with E-state index in [4.69, 9.17) is 26.1 Å². The molecule has 0 spiro atoms. The van der Waals surface area contributed by atoms with Crippen molar-refractivity contribution in [1.82, 2.24) is 15.2 Å². The van der Waals surface area contributed by atoms with Crippen LogP contribution in [0.15, 0.2) is 46.0 Å². The Kier molecular flexibility index (Phi) is 7.57. The lowest BCUT2D eigenvalue weighted by molar-refractivity contribution is -0.140.